The van der Waals surface area contributed by atoms with Crippen LogP contribution in [-0.4, -0.2) is 40.0 Å². The van der Waals surface area contributed by atoms with Crippen molar-refractivity contribution in [2.24, 2.45) is 5.73 Å². The number of nitrogens with two attached hydrogens (primary N) is 1. The Labute approximate surface area is 108 Å². The molecule has 1 aliphatic heterocycles. The van der Waals surface area contributed by atoms with Gasteiger partial charge < -0.3 is 5.73 Å². The molecule has 1 unspecified atom stereocenters. The van der Waals surface area contributed by atoms with Crippen molar-refractivity contribution in [3.63, 3.8) is 0 Å². The van der Waals surface area contributed by atoms with E-state index in [1.54, 1.807) is 0 Å². The first-order valence-electron chi connectivity index (χ1n) is 6.23. The van der Waals surface area contributed by atoms with E-state index in [-0.39, 0.29) is 5.54 Å². The third-order valence-electron chi connectivity index (χ3n) is 3.59. The van der Waals surface area contributed by atoms with Gasteiger partial charge in [-0.2, -0.15) is 11.8 Å². The summed E-state index contributed by atoms with van der Waals surface area (Å²) in [5, 5.41) is 0. The molecule has 1 aromatic heterocycles. The van der Waals surface area contributed by atoms with Gasteiger partial charge in [-0.15, -0.1) is 0 Å². The lowest BCUT2D eigenvalue weighted by atomic mass is 9.96. The van der Waals surface area contributed by atoms with E-state index in [9.17, 15) is 0 Å². The van der Waals surface area contributed by atoms with Gasteiger partial charge in [-0.05, 0) is 30.9 Å². The zero-order chi connectivity index (χ0) is 12.1. The summed E-state index contributed by atoms with van der Waals surface area (Å²) >= 11 is 2.02. The largest absolute Gasteiger partial charge is 0.329 e. The summed E-state index contributed by atoms with van der Waals surface area (Å²) in [5.41, 5.74) is 7.35. The molecular weight excluding hydrogens is 230 g/mol. The summed E-state index contributed by atoms with van der Waals surface area (Å²) in [6, 6.07) is 6.10. The normalized spacial score (nSPS) is 24.4. The van der Waals surface area contributed by atoms with Gasteiger partial charge in [0.2, 0.25) is 0 Å². The van der Waals surface area contributed by atoms with Crippen molar-refractivity contribution in [1.29, 1.82) is 0 Å². The zero-order valence-electron chi connectivity index (χ0n) is 10.4. The molecule has 1 fully saturated rings. The van der Waals surface area contributed by atoms with Crippen LogP contribution in [0.15, 0.2) is 24.4 Å². The third kappa shape index (κ3) is 2.81. The number of likely N-dealkylation sites (N-methyl/N-ethyl adjacent to an activating group) is 1. The van der Waals surface area contributed by atoms with Crippen LogP contribution >= 0.6 is 11.8 Å². The summed E-state index contributed by atoms with van der Waals surface area (Å²) in [6.45, 7) is 4.91. The average Bonchev–Trinajstić information content (AvgIpc) is 2.87. The van der Waals surface area contributed by atoms with Crippen LogP contribution in [0.3, 0.4) is 0 Å². The minimum atomic E-state index is 0.191. The number of hydrogen-bond donors (Lipinski definition) is 1. The van der Waals surface area contributed by atoms with Crippen molar-refractivity contribution in [1.82, 2.24) is 9.88 Å². The second kappa shape index (κ2) is 5.85. The molecule has 0 bridgehead atoms. The lowest BCUT2D eigenvalue weighted by Gasteiger charge is -2.39. The predicted molar refractivity (Wildman–Crippen MR) is 74.0 cm³/mol. The fourth-order valence-corrected chi connectivity index (χ4v) is 3.93. The van der Waals surface area contributed by atoms with Gasteiger partial charge in [0.25, 0.3) is 0 Å². The molecule has 4 heteroatoms. The van der Waals surface area contributed by atoms with Gasteiger partial charge in [0.1, 0.15) is 0 Å². The number of aromatic nitrogens is 1. The van der Waals surface area contributed by atoms with Gasteiger partial charge in [-0.25, -0.2) is 0 Å². The molecule has 3 nitrogen and oxygen atoms in total. The summed E-state index contributed by atoms with van der Waals surface area (Å²) in [7, 11) is 0. The standard InChI is InChI=1S/C13H21N3S/c1-2-16(9-12-5-3-4-7-15-12)13(10-14)6-8-17-11-13/h3-5,7H,2,6,8-11,14H2,1H3. The maximum Gasteiger partial charge on any atom is 0.0544 e. The maximum absolute atomic E-state index is 6.02. The molecule has 1 aromatic rings. The SMILES string of the molecule is CCN(Cc1ccccn1)C1(CN)CCSC1. The molecule has 0 radical (unpaired) electrons. The molecule has 1 saturated heterocycles. The Kier molecular flexibility index (Phi) is 4.42. The van der Waals surface area contributed by atoms with Crippen LogP contribution < -0.4 is 5.73 Å². The molecule has 1 atom stereocenters. The number of pyridine rings is 1. The highest BCUT2D eigenvalue weighted by atomic mass is 32.2. The number of hydrogen-bond acceptors (Lipinski definition) is 4. The molecular formula is C13H21N3S. The molecule has 2 heterocycles. The Hall–Kier alpha value is -0.580. The second-order valence-corrected chi connectivity index (χ2v) is 5.67. The first-order valence-corrected chi connectivity index (χ1v) is 7.39. The fourth-order valence-electron chi connectivity index (χ4n) is 2.44. The Bertz CT molecular complexity index is 336. The van der Waals surface area contributed by atoms with Gasteiger partial charge in [0.15, 0.2) is 0 Å². The lowest BCUT2D eigenvalue weighted by Crippen LogP contribution is -2.53. The highest BCUT2D eigenvalue weighted by Crippen LogP contribution is 2.33. The quantitative estimate of drug-likeness (QED) is 0.865. The van der Waals surface area contributed by atoms with Gasteiger partial charge in [-0.3, -0.25) is 9.88 Å². The van der Waals surface area contributed by atoms with E-state index in [1.807, 2.05) is 24.0 Å². The van der Waals surface area contributed by atoms with E-state index in [2.05, 4.69) is 28.9 Å². The maximum atomic E-state index is 6.02. The fraction of sp³-hybridized carbons (Fsp3) is 0.615. The van der Waals surface area contributed by atoms with Gasteiger partial charge in [-0.1, -0.05) is 13.0 Å². The first kappa shape index (κ1) is 12.9. The summed E-state index contributed by atoms with van der Waals surface area (Å²) in [4.78, 5) is 6.91. The Morgan fingerprint density at radius 1 is 1.53 bits per heavy atom. The van der Waals surface area contributed by atoms with Crippen LogP contribution in [0.2, 0.25) is 0 Å². The Morgan fingerprint density at radius 3 is 2.94 bits per heavy atom. The molecule has 17 heavy (non-hydrogen) atoms. The molecule has 0 aliphatic carbocycles. The minimum Gasteiger partial charge on any atom is -0.329 e. The topological polar surface area (TPSA) is 42.2 Å². The van der Waals surface area contributed by atoms with Crippen LogP contribution in [0.5, 0.6) is 0 Å². The van der Waals surface area contributed by atoms with Crippen molar-refractivity contribution in [2.45, 2.75) is 25.4 Å². The van der Waals surface area contributed by atoms with Crippen molar-refractivity contribution >= 4 is 11.8 Å². The monoisotopic (exact) mass is 251 g/mol. The molecule has 0 amide bonds. The van der Waals surface area contributed by atoms with Crippen LogP contribution in [-0.2, 0) is 6.54 Å². The molecule has 0 saturated carbocycles. The van der Waals surface area contributed by atoms with E-state index < -0.39 is 0 Å². The number of thioether (sulfide) groups is 1. The van der Waals surface area contributed by atoms with Crippen molar-refractivity contribution in [2.75, 3.05) is 24.6 Å². The zero-order valence-corrected chi connectivity index (χ0v) is 11.2. The highest BCUT2D eigenvalue weighted by Gasteiger charge is 2.38. The Morgan fingerprint density at radius 2 is 2.41 bits per heavy atom. The second-order valence-electron chi connectivity index (χ2n) is 4.57. The summed E-state index contributed by atoms with van der Waals surface area (Å²) < 4.78 is 0. The molecule has 0 spiro atoms. The minimum absolute atomic E-state index is 0.191. The molecule has 2 rings (SSSR count). The Balaban J connectivity index is 2.10. The van der Waals surface area contributed by atoms with Gasteiger partial charge in [0.05, 0.1) is 5.69 Å². The van der Waals surface area contributed by atoms with E-state index in [0.717, 1.165) is 31.1 Å². The smallest absolute Gasteiger partial charge is 0.0544 e. The molecule has 94 valence electrons. The van der Waals surface area contributed by atoms with E-state index in [1.165, 1.54) is 12.2 Å². The van der Waals surface area contributed by atoms with Gasteiger partial charge >= 0.3 is 0 Å². The predicted octanol–water partition coefficient (Wildman–Crippen LogP) is 1.74. The van der Waals surface area contributed by atoms with Crippen LogP contribution in [0, 0.1) is 0 Å². The van der Waals surface area contributed by atoms with Crippen molar-refractivity contribution < 1.29 is 0 Å². The lowest BCUT2D eigenvalue weighted by molar-refractivity contribution is 0.113. The van der Waals surface area contributed by atoms with Crippen LogP contribution in [0.1, 0.15) is 19.0 Å². The number of rotatable bonds is 5. The van der Waals surface area contributed by atoms with E-state index >= 15 is 0 Å². The van der Waals surface area contributed by atoms with E-state index in [4.69, 9.17) is 5.73 Å². The van der Waals surface area contributed by atoms with Gasteiger partial charge in [0, 0.05) is 30.6 Å². The first-order chi connectivity index (χ1) is 8.30. The molecule has 2 N–H and O–H groups in total. The molecule has 0 aromatic carbocycles. The highest BCUT2D eigenvalue weighted by molar-refractivity contribution is 7.99. The number of nitrogens with zero attached hydrogens (tertiary/aromatic N) is 2. The average molecular weight is 251 g/mol. The van der Waals surface area contributed by atoms with Crippen molar-refractivity contribution in [3.05, 3.63) is 30.1 Å². The van der Waals surface area contributed by atoms with Crippen LogP contribution in [0.25, 0.3) is 0 Å². The van der Waals surface area contributed by atoms with Crippen molar-refractivity contribution in [3.8, 4) is 0 Å². The molecule has 1 aliphatic rings. The van der Waals surface area contributed by atoms with E-state index in [0.29, 0.717) is 0 Å². The summed E-state index contributed by atoms with van der Waals surface area (Å²) in [5.74, 6) is 2.39. The summed E-state index contributed by atoms with van der Waals surface area (Å²) in [6.07, 6.45) is 3.07. The van der Waals surface area contributed by atoms with Crippen LogP contribution in [0.4, 0.5) is 0 Å². The third-order valence-corrected chi connectivity index (χ3v) is 4.83.